The van der Waals surface area contributed by atoms with Gasteiger partial charge in [0.25, 0.3) is 5.84 Å². The maximum Gasteiger partial charge on any atom is 0.418 e. The van der Waals surface area contributed by atoms with Crippen LogP contribution in [0.5, 0.6) is 0 Å². The number of nitrogens with one attached hydrogen (secondary N) is 1. The zero-order valence-corrected chi connectivity index (χ0v) is 10.9. The molecular formula is C9H17N4O4S+. The Morgan fingerprint density at radius 3 is 2.67 bits per heavy atom. The zero-order chi connectivity index (χ0) is 13.3. The first-order chi connectivity index (χ1) is 8.37. The summed E-state index contributed by atoms with van der Waals surface area (Å²) in [6.07, 6.45) is 3.12. The van der Waals surface area contributed by atoms with Gasteiger partial charge in [0, 0.05) is 6.08 Å². The fourth-order valence-electron chi connectivity index (χ4n) is 2.08. The van der Waals surface area contributed by atoms with E-state index in [2.05, 4.69) is 14.2 Å². The van der Waals surface area contributed by atoms with Crippen molar-refractivity contribution in [3.05, 3.63) is 11.8 Å². The SMILES string of the molecule is CC1=CC(=[N+]2CCCC2)NC(N)N1OS(=O)(=O)O. The lowest BCUT2D eigenvalue weighted by molar-refractivity contribution is -0.508. The molecule has 0 aliphatic carbocycles. The average molecular weight is 277 g/mol. The van der Waals surface area contributed by atoms with Crippen LogP contribution in [0, 0.1) is 0 Å². The molecule has 9 heteroatoms. The van der Waals surface area contributed by atoms with E-state index in [4.69, 9.17) is 10.3 Å². The van der Waals surface area contributed by atoms with E-state index in [9.17, 15) is 8.42 Å². The van der Waals surface area contributed by atoms with E-state index >= 15 is 0 Å². The van der Waals surface area contributed by atoms with Gasteiger partial charge in [0.15, 0.2) is 0 Å². The third-order valence-electron chi connectivity index (χ3n) is 2.86. The summed E-state index contributed by atoms with van der Waals surface area (Å²) in [6.45, 7) is 3.54. The van der Waals surface area contributed by atoms with E-state index in [1.807, 2.05) is 0 Å². The van der Waals surface area contributed by atoms with Crippen molar-refractivity contribution in [1.29, 1.82) is 0 Å². The lowest BCUT2D eigenvalue weighted by atomic mass is 10.3. The predicted molar refractivity (Wildman–Crippen MR) is 63.6 cm³/mol. The molecule has 0 spiro atoms. The van der Waals surface area contributed by atoms with Crippen molar-refractivity contribution in [3.63, 3.8) is 0 Å². The van der Waals surface area contributed by atoms with E-state index in [-0.39, 0.29) is 0 Å². The minimum Gasteiger partial charge on any atom is -0.273 e. The molecule has 0 radical (unpaired) electrons. The normalized spacial score (nSPS) is 25.2. The molecule has 4 N–H and O–H groups in total. The summed E-state index contributed by atoms with van der Waals surface area (Å²) >= 11 is 0. The molecule has 8 nitrogen and oxygen atoms in total. The largest absolute Gasteiger partial charge is 0.418 e. The lowest BCUT2D eigenvalue weighted by Gasteiger charge is -2.29. The molecule has 0 amide bonds. The van der Waals surface area contributed by atoms with Crippen molar-refractivity contribution < 1.29 is 21.8 Å². The van der Waals surface area contributed by atoms with Crippen molar-refractivity contribution in [1.82, 2.24) is 10.4 Å². The van der Waals surface area contributed by atoms with Gasteiger partial charge in [-0.3, -0.25) is 14.9 Å². The second-order valence-electron chi connectivity index (χ2n) is 4.28. The van der Waals surface area contributed by atoms with Crippen LogP contribution in [0.25, 0.3) is 0 Å². The number of rotatable bonds is 2. The van der Waals surface area contributed by atoms with Crippen LogP contribution in [0.1, 0.15) is 19.8 Å². The van der Waals surface area contributed by atoms with Crippen LogP contribution < -0.4 is 11.1 Å². The number of hydrogen-bond acceptors (Lipinski definition) is 5. The van der Waals surface area contributed by atoms with Gasteiger partial charge in [0.2, 0.25) is 6.29 Å². The van der Waals surface area contributed by atoms with Gasteiger partial charge in [-0.1, -0.05) is 0 Å². The van der Waals surface area contributed by atoms with Crippen LogP contribution in [0.4, 0.5) is 0 Å². The molecule has 2 aliphatic heterocycles. The van der Waals surface area contributed by atoms with Crippen molar-refractivity contribution in [2.24, 2.45) is 5.73 Å². The minimum atomic E-state index is -4.58. The second kappa shape index (κ2) is 4.84. The maximum atomic E-state index is 10.7. The van der Waals surface area contributed by atoms with Gasteiger partial charge in [-0.25, -0.2) is 5.32 Å². The Labute approximate surface area is 106 Å². The average Bonchev–Trinajstić information content (AvgIpc) is 2.75. The van der Waals surface area contributed by atoms with Crippen LogP contribution in [-0.2, 0) is 14.7 Å². The van der Waals surface area contributed by atoms with Crippen LogP contribution in [0.2, 0.25) is 0 Å². The molecule has 2 rings (SSSR count). The van der Waals surface area contributed by atoms with E-state index in [1.54, 1.807) is 13.0 Å². The Morgan fingerprint density at radius 2 is 2.17 bits per heavy atom. The summed E-state index contributed by atoms with van der Waals surface area (Å²) in [6, 6.07) is 0. The highest BCUT2D eigenvalue weighted by molar-refractivity contribution is 7.80. The standard InChI is InChI=1S/C9H16N4O4S/c1-7-6-8(12-4-2-3-5-12)11-9(10)13(7)17-18(14,15)16/h6,9H,2-5,10H2,1H3,(H,14,15,16)/p+1. The highest BCUT2D eigenvalue weighted by Gasteiger charge is 2.32. The molecule has 0 saturated carbocycles. The highest BCUT2D eigenvalue weighted by Crippen LogP contribution is 2.14. The predicted octanol–water partition coefficient (Wildman–Crippen LogP) is -1.02. The molecule has 0 aromatic rings. The first kappa shape index (κ1) is 13.3. The molecular weight excluding hydrogens is 260 g/mol. The molecule has 1 unspecified atom stereocenters. The Kier molecular flexibility index (Phi) is 3.57. The minimum absolute atomic E-state index is 0.501. The fraction of sp³-hybridized carbons (Fsp3) is 0.667. The third-order valence-corrected chi connectivity index (χ3v) is 3.21. The molecule has 0 bridgehead atoms. The summed E-state index contributed by atoms with van der Waals surface area (Å²) in [7, 11) is -4.58. The maximum absolute atomic E-state index is 10.7. The third kappa shape index (κ3) is 2.99. The van der Waals surface area contributed by atoms with E-state index in [0.29, 0.717) is 5.70 Å². The molecule has 18 heavy (non-hydrogen) atoms. The molecule has 1 atom stereocenters. The van der Waals surface area contributed by atoms with Crippen LogP contribution >= 0.6 is 0 Å². The van der Waals surface area contributed by atoms with E-state index < -0.39 is 16.7 Å². The first-order valence-electron chi connectivity index (χ1n) is 5.65. The lowest BCUT2D eigenvalue weighted by Crippen LogP contribution is -2.57. The number of nitrogens with zero attached hydrogens (tertiary/aromatic N) is 2. The Morgan fingerprint density at radius 1 is 1.56 bits per heavy atom. The Balaban J connectivity index is 2.23. The number of nitrogens with two attached hydrogens (primary N) is 1. The van der Waals surface area contributed by atoms with Gasteiger partial charge in [-0.05, 0) is 19.8 Å². The van der Waals surface area contributed by atoms with Gasteiger partial charge in [0.05, 0.1) is 18.8 Å². The molecule has 0 aromatic heterocycles. The summed E-state index contributed by atoms with van der Waals surface area (Å²) in [5.41, 5.74) is 6.26. The number of amidine groups is 1. The number of allylic oxidation sites excluding steroid dienone is 1. The van der Waals surface area contributed by atoms with E-state index in [1.165, 1.54) is 0 Å². The van der Waals surface area contributed by atoms with Crippen molar-refractivity contribution in [2.45, 2.75) is 26.1 Å². The topological polar surface area (TPSA) is 108 Å². The highest BCUT2D eigenvalue weighted by atomic mass is 32.3. The van der Waals surface area contributed by atoms with Crippen LogP contribution in [0.15, 0.2) is 11.8 Å². The van der Waals surface area contributed by atoms with Crippen LogP contribution in [0.3, 0.4) is 0 Å². The summed E-state index contributed by atoms with van der Waals surface area (Å²) in [5.74, 6) is 0.840. The summed E-state index contributed by atoms with van der Waals surface area (Å²) in [5, 5.41) is 3.84. The van der Waals surface area contributed by atoms with Crippen molar-refractivity contribution in [2.75, 3.05) is 13.1 Å². The number of hydrogen-bond donors (Lipinski definition) is 3. The molecule has 1 saturated heterocycles. The van der Waals surface area contributed by atoms with Crippen LogP contribution in [-0.4, -0.2) is 47.8 Å². The van der Waals surface area contributed by atoms with Gasteiger partial charge < -0.3 is 0 Å². The number of hydroxylamine groups is 2. The molecule has 0 aromatic carbocycles. The van der Waals surface area contributed by atoms with Gasteiger partial charge in [-0.15, -0.1) is 4.28 Å². The van der Waals surface area contributed by atoms with E-state index in [0.717, 1.165) is 36.8 Å². The molecule has 102 valence electrons. The summed E-state index contributed by atoms with van der Waals surface area (Å²) < 4.78 is 36.6. The Bertz CT molecular complexity index is 491. The zero-order valence-electron chi connectivity index (χ0n) is 10.0. The van der Waals surface area contributed by atoms with Crippen molar-refractivity contribution >= 4 is 16.2 Å². The monoisotopic (exact) mass is 277 g/mol. The van der Waals surface area contributed by atoms with Gasteiger partial charge in [-0.2, -0.15) is 13.5 Å². The van der Waals surface area contributed by atoms with Gasteiger partial charge >= 0.3 is 10.4 Å². The van der Waals surface area contributed by atoms with Gasteiger partial charge in [0.1, 0.15) is 0 Å². The Hall–Kier alpha value is -1.16. The molecule has 1 fully saturated rings. The first-order valence-corrected chi connectivity index (χ1v) is 7.02. The smallest absolute Gasteiger partial charge is 0.273 e. The quantitative estimate of drug-likeness (QED) is 0.438. The van der Waals surface area contributed by atoms with Crippen molar-refractivity contribution in [3.8, 4) is 0 Å². The summed E-state index contributed by atoms with van der Waals surface area (Å²) in [4.78, 5) is 0. The fourth-order valence-corrected chi connectivity index (χ4v) is 2.49. The molecule has 2 heterocycles. The molecule has 2 aliphatic rings. The second-order valence-corrected chi connectivity index (χ2v) is 5.29.